The number of amidine groups is 1. The summed E-state index contributed by atoms with van der Waals surface area (Å²) in [5.74, 6) is 1.88. The molecule has 1 saturated carbocycles. The smallest absolute Gasteiger partial charge is 0.229 e. The van der Waals surface area contributed by atoms with Gasteiger partial charge in [0.1, 0.15) is 17.3 Å². The van der Waals surface area contributed by atoms with Crippen LogP contribution in [0.1, 0.15) is 18.4 Å². The van der Waals surface area contributed by atoms with Gasteiger partial charge in [0.2, 0.25) is 10.0 Å². The Hall–Kier alpha value is -1.96. The first-order valence-corrected chi connectivity index (χ1v) is 9.53. The quantitative estimate of drug-likeness (QED) is 0.646. The summed E-state index contributed by atoms with van der Waals surface area (Å²) in [6.45, 7) is 2.16. The molecule has 1 aliphatic heterocycles. The Morgan fingerprint density at radius 3 is 2.83 bits per heavy atom. The third kappa shape index (κ3) is 4.51. The molecule has 0 bridgehead atoms. The van der Waals surface area contributed by atoms with E-state index >= 15 is 0 Å². The Kier molecular flexibility index (Phi) is 4.34. The molecule has 3 rings (SSSR count). The van der Waals surface area contributed by atoms with E-state index in [9.17, 15) is 13.5 Å². The van der Waals surface area contributed by atoms with Gasteiger partial charge in [0, 0.05) is 24.6 Å². The number of aromatic hydroxyl groups is 1. The van der Waals surface area contributed by atoms with Crippen LogP contribution in [0.5, 0.6) is 11.5 Å². The first-order chi connectivity index (χ1) is 10.9. The summed E-state index contributed by atoms with van der Waals surface area (Å²) in [6, 6.07) is 3.09. The van der Waals surface area contributed by atoms with E-state index in [0.29, 0.717) is 24.7 Å². The Bertz CT molecular complexity index is 726. The standard InChI is InChI=1S/C15H21N3O4S/c1-23(20,21)18-12-8-14(22-9-10-2-3-10)11(6-13(12)19)7-15-16-4-5-17-15/h6,8,10,18-19H,2-5,7,9H2,1H3,(H,16,17). The average Bonchev–Trinajstić information content (AvgIpc) is 3.15. The van der Waals surface area contributed by atoms with E-state index in [2.05, 4.69) is 15.0 Å². The molecular formula is C15H21N3O4S. The summed E-state index contributed by atoms with van der Waals surface area (Å²) in [5, 5.41) is 13.3. The first kappa shape index (κ1) is 15.9. The van der Waals surface area contributed by atoms with E-state index in [4.69, 9.17) is 4.74 Å². The van der Waals surface area contributed by atoms with Gasteiger partial charge < -0.3 is 15.2 Å². The van der Waals surface area contributed by atoms with Crippen LogP contribution in [0.3, 0.4) is 0 Å². The highest BCUT2D eigenvalue weighted by Gasteiger charge is 2.23. The van der Waals surface area contributed by atoms with Crippen LogP contribution in [-0.2, 0) is 16.4 Å². The lowest BCUT2D eigenvalue weighted by Gasteiger charge is -2.15. The van der Waals surface area contributed by atoms with E-state index in [1.807, 2.05) is 0 Å². The number of phenols is 1. The van der Waals surface area contributed by atoms with Gasteiger partial charge in [-0.3, -0.25) is 9.71 Å². The number of phenolic OH excluding ortho intramolecular Hbond substituents is 1. The van der Waals surface area contributed by atoms with E-state index in [1.54, 1.807) is 6.07 Å². The topological polar surface area (TPSA) is 100 Å². The normalized spacial score (nSPS) is 17.5. The van der Waals surface area contributed by atoms with Crippen LogP contribution in [0.4, 0.5) is 5.69 Å². The van der Waals surface area contributed by atoms with E-state index in [0.717, 1.165) is 43.6 Å². The number of nitrogens with one attached hydrogen (secondary N) is 2. The molecule has 0 unspecified atom stereocenters. The first-order valence-electron chi connectivity index (χ1n) is 7.64. The highest BCUT2D eigenvalue weighted by Crippen LogP contribution is 2.35. The molecule has 126 valence electrons. The molecule has 1 heterocycles. The zero-order valence-electron chi connectivity index (χ0n) is 13.0. The molecule has 0 radical (unpaired) electrons. The minimum Gasteiger partial charge on any atom is -0.506 e. The van der Waals surface area contributed by atoms with E-state index in [1.165, 1.54) is 6.07 Å². The highest BCUT2D eigenvalue weighted by molar-refractivity contribution is 7.92. The van der Waals surface area contributed by atoms with Gasteiger partial charge in [-0.2, -0.15) is 0 Å². The highest BCUT2D eigenvalue weighted by atomic mass is 32.2. The third-order valence-corrected chi connectivity index (χ3v) is 4.34. The molecule has 1 aromatic rings. The molecule has 0 saturated heterocycles. The number of aliphatic imine (C=N–C) groups is 1. The molecule has 2 aliphatic rings. The number of sulfonamides is 1. The molecule has 3 N–H and O–H groups in total. The van der Waals surface area contributed by atoms with Crippen molar-refractivity contribution in [1.82, 2.24) is 5.32 Å². The molecule has 8 heteroatoms. The lowest BCUT2D eigenvalue weighted by molar-refractivity contribution is 0.297. The fraction of sp³-hybridized carbons (Fsp3) is 0.533. The van der Waals surface area contributed by atoms with Crippen molar-refractivity contribution >= 4 is 21.5 Å². The summed E-state index contributed by atoms with van der Waals surface area (Å²) in [5.41, 5.74) is 0.915. The molecule has 1 aliphatic carbocycles. The second kappa shape index (κ2) is 6.27. The van der Waals surface area contributed by atoms with Crippen LogP contribution in [-0.4, -0.2) is 45.3 Å². The maximum atomic E-state index is 11.4. The number of benzene rings is 1. The predicted molar refractivity (Wildman–Crippen MR) is 88.8 cm³/mol. The Morgan fingerprint density at radius 1 is 1.43 bits per heavy atom. The zero-order chi connectivity index (χ0) is 16.4. The Morgan fingerprint density at radius 2 is 2.22 bits per heavy atom. The van der Waals surface area contributed by atoms with Gasteiger partial charge in [-0.05, 0) is 24.8 Å². The van der Waals surface area contributed by atoms with Gasteiger partial charge in [0.25, 0.3) is 0 Å². The molecule has 0 amide bonds. The maximum absolute atomic E-state index is 11.4. The molecule has 7 nitrogen and oxygen atoms in total. The van der Waals surface area contributed by atoms with Gasteiger partial charge in [-0.15, -0.1) is 0 Å². The number of anilines is 1. The molecule has 1 fully saturated rings. The Labute approximate surface area is 135 Å². The van der Waals surface area contributed by atoms with Gasteiger partial charge in [-0.25, -0.2) is 8.42 Å². The summed E-state index contributed by atoms with van der Waals surface area (Å²) >= 11 is 0. The van der Waals surface area contributed by atoms with Gasteiger partial charge >= 0.3 is 0 Å². The largest absolute Gasteiger partial charge is 0.506 e. The summed E-state index contributed by atoms with van der Waals surface area (Å²) in [4.78, 5) is 4.35. The molecule has 0 spiro atoms. The van der Waals surface area contributed by atoms with Crippen molar-refractivity contribution in [2.75, 3.05) is 30.7 Å². The molecule has 0 aromatic heterocycles. The fourth-order valence-corrected chi connectivity index (χ4v) is 2.97. The maximum Gasteiger partial charge on any atom is 0.229 e. The number of ether oxygens (including phenoxy) is 1. The van der Waals surface area contributed by atoms with Crippen molar-refractivity contribution in [2.24, 2.45) is 10.9 Å². The second-order valence-electron chi connectivity index (χ2n) is 6.04. The molecule has 1 aromatic carbocycles. The van der Waals surface area contributed by atoms with Crippen molar-refractivity contribution in [2.45, 2.75) is 19.3 Å². The average molecular weight is 339 g/mol. The van der Waals surface area contributed by atoms with Crippen LogP contribution in [0, 0.1) is 5.92 Å². The van der Waals surface area contributed by atoms with Crippen LogP contribution in [0.25, 0.3) is 0 Å². The van der Waals surface area contributed by atoms with Crippen LogP contribution in [0.15, 0.2) is 17.1 Å². The van der Waals surface area contributed by atoms with Crippen LogP contribution in [0.2, 0.25) is 0 Å². The fourth-order valence-electron chi connectivity index (χ4n) is 2.40. The monoisotopic (exact) mass is 339 g/mol. The van der Waals surface area contributed by atoms with Crippen LogP contribution >= 0.6 is 0 Å². The minimum absolute atomic E-state index is 0.122. The van der Waals surface area contributed by atoms with Gasteiger partial charge in [0.05, 0.1) is 25.1 Å². The van der Waals surface area contributed by atoms with Crippen molar-refractivity contribution in [3.63, 3.8) is 0 Å². The lowest BCUT2D eigenvalue weighted by atomic mass is 10.1. The molecule has 0 atom stereocenters. The lowest BCUT2D eigenvalue weighted by Crippen LogP contribution is -2.21. The minimum atomic E-state index is -3.47. The Balaban J connectivity index is 1.86. The SMILES string of the molecule is CS(=O)(=O)Nc1cc(OCC2CC2)c(CC2=NCCN2)cc1O. The van der Waals surface area contributed by atoms with Crippen LogP contribution < -0.4 is 14.8 Å². The molecule has 23 heavy (non-hydrogen) atoms. The number of rotatable bonds is 7. The van der Waals surface area contributed by atoms with Crippen molar-refractivity contribution < 1.29 is 18.3 Å². The summed E-state index contributed by atoms with van der Waals surface area (Å²) in [7, 11) is -3.47. The van der Waals surface area contributed by atoms with Gasteiger partial charge in [-0.1, -0.05) is 0 Å². The van der Waals surface area contributed by atoms with Crippen molar-refractivity contribution in [3.05, 3.63) is 17.7 Å². The van der Waals surface area contributed by atoms with Crippen molar-refractivity contribution in [1.29, 1.82) is 0 Å². The number of hydrogen-bond acceptors (Lipinski definition) is 6. The second-order valence-corrected chi connectivity index (χ2v) is 7.79. The van der Waals surface area contributed by atoms with E-state index < -0.39 is 10.0 Å². The van der Waals surface area contributed by atoms with Crippen molar-refractivity contribution in [3.8, 4) is 11.5 Å². The number of hydrogen-bond donors (Lipinski definition) is 3. The predicted octanol–water partition coefficient (Wildman–Crippen LogP) is 1.10. The van der Waals surface area contributed by atoms with Gasteiger partial charge in [0.15, 0.2) is 0 Å². The third-order valence-electron chi connectivity index (χ3n) is 3.75. The molecular weight excluding hydrogens is 318 g/mol. The zero-order valence-corrected chi connectivity index (χ0v) is 13.8. The summed E-state index contributed by atoms with van der Waals surface area (Å²) in [6.07, 6.45) is 3.89. The summed E-state index contributed by atoms with van der Waals surface area (Å²) < 4.78 is 31.0. The van der Waals surface area contributed by atoms with E-state index in [-0.39, 0.29) is 11.4 Å². The number of nitrogens with zero attached hydrogens (tertiary/aromatic N) is 1.